The van der Waals surface area contributed by atoms with E-state index >= 15 is 0 Å². The largest absolute Gasteiger partial charge is 1.00 e. The summed E-state index contributed by atoms with van der Waals surface area (Å²) in [6.45, 7) is 10.6. The fraction of sp³-hybridized carbons (Fsp3) is 0.500. The Balaban J connectivity index is 0.00000441. The van der Waals surface area contributed by atoms with Gasteiger partial charge < -0.3 is 10.2 Å². The average molecular weight is 639 g/mol. The molecule has 0 bridgehead atoms. The molecule has 2 atom stereocenters. The van der Waals surface area contributed by atoms with Gasteiger partial charge in [0.2, 0.25) is 0 Å². The molecule has 42 heavy (non-hydrogen) atoms. The first-order chi connectivity index (χ1) is 18.2. The van der Waals surface area contributed by atoms with Gasteiger partial charge in [0.05, 0.1) is 21.9 Å². The van der Waals surface area contributed by atoms with Gasteiger partial charge in [0, 0.05) is 12.4 Å². The number of nitrogens with zero attached hydrogens (tertiary/aromatic N) is 2. The van der Waals surface area contributed by atoms with Crippen LogP contribution in [0.4, 0.5) is 0 Å². The van der Waals surface area contributed by atoms with E-state index in [-0.39, 0.29) is 93.5 Å². The van der Waals surface area contributed by atoms with Crippen molar-refractivity contribution in [3.05, 3.63) is 46.5 Å². The summed E-state index contributed by atoms with van der Waals surface area (Å²) in [5.41, 5.74) is -0.887. The van der Waals surface area contributed by atoms with E-state index in [1.54, 1.807) is 41.5 Å². The molecule has 0 aromatic heterocycles. The Labute approximate surface area is 293 Å². The van der Waals surface area contributed by atoms with Crippen LogP contribution in [-0.4, -0.2) is 50.5 Å². The first-order valence-electron chi connectivity index (χ1n) is 12.9. The summed E-state index contributed by atoms with van der Waals surface area (Å²) in [7, 11) is -9.13. The summed E-state index contributed by atoms with van der Waals surface area (Å²) < 4.78 is 66.7. The third kappa shape index (κ3) is 9.85. The normalized spacial score (nSPS) is 18.6. The van der Waals surface area contributed by atoms with Crippen LogP contribution in [0.3, 0.4) is 0 Å². The predicted octanol–water partition coefficient (Wildman–Crippen LogP) is -2.22. The quantitative estimate of drug-likeness (QED) is 0.203. The second-order valence-electron chi connectivity index (χ2n) is 12.2. The zero-order chi connectivity index (χ0) is 30.3. The van der Waals surface area contributed by atoms with Crippen LogP contribution < -0.4 is 69.3 Å². The van der Waals surface area contributed by atoms with Gasteiger partial charge in [-0.3, -0.25) is 19.1 Å². The molecular weight excluding hydrogens is 602 g/mol. The Kier molecular flexibility index (Phi) is 13.6. The van der Waals surface area contributed by atoms with E-state index in [0.717, 1.165) is 25.0 Å². The maximum absolute atomic E-state index is 13.1. The van der Waals surface area contributed by atoms with Crippen LogP contribution in [0.2, 0.25) is 0 Å². The van der Waals surface area contributed by atoms with Gasteiger partial charge in [-0.25, -0.2) is 0 Å². The minimum Gasteiger partial charge on any atom is -0.872 e. The summed E-state index contributed by atoms with van der Waals surface area (Å²) >= 11 is 0. The van der Waals surface area contributed by atoms with Crippen LogP contribution in [0.15, 0.2) is 44.0 Å². The molecule has 3 rings (SSSR count). The summed E-state index contributed by atoms with van der Waals surface area (Å²) in [6, 6.07) is 3.76. The van der Waals surface area contributed by atoms with Gasteiger partial charge in [-0.2, -0.15) is 16.8 Å². The molecule has 1 saturated carbocycles. The van der Waals surface area contributed by atoms with Gasteiger partial charge in [0.1, 0.15) is 0 Å². The van der Waals surface area contributed by atoms with Crippen molar-refractivity contribution in [1.82, 2.24) is 0 Å². The standard InChI is InChI=1S/C28H38N2O8S2.2Na/c1-27(2,3)21-13-19(39(33,34)35)11-17(25(21)31)15-29-23-9-7-8-10-24(23)30-16-18-12-20(40(36,37)38)14-22(26(18)32)28(4,5)6;;/h11-16,23-24,31-32H,7-10H2,1-6H3,(H,33,34,35)(H,36,37,38);;/q;2*+1/p-2/t23-,24-;;/m0../s1. The molecule has 0 aliphatic heterocycles. The molecule has 2 aromatic carbocycles. The predicted molar refractivity (Wildman–Crippen MR) is 150 cm³/mol. The molecule has 0 saturated heterocycles. The molecule has 0 unspecified atom stereocenters. The maximum Gasteiger partial charge on any atom is 1.00 e. The molecule has 0 amide bonds. The van der Waals surface area contributed by atoms with Crippen molar-refractivity contribution in [2.75, 3.05) is 0 Å². The molecule has 10 nitrogen and oxygen atoms in total. The second kappa shape index (κ2) is 14.5. The average Bonchev–Trinajstić information content (AvgIpc) is 2.80. The van der Waals surface area contributed by atoms with E-state index in [9.17, 15) is 36.2 Å². The van der Waals surface area contributed by atoms with Crippen LogP contribution in [0.5, 0.6) is 11.5 Å². The Morgan fingerprint density at radius 3 is 1.26 bits per heavy atom. The third-order valence-corrected chi connectivity index (χ3v) is 8.56. The molecule has 1 aliphatic rings. The Morgan fingerprint density at radius 2 is 1.00 bits per heavy atom. The van der Waals surface area contributed by atoms with Gasteiger partial charge in [0.25, 0.3) is 20.2 Å². The zero-order valence-corrected chi connectivity index (χ0v) is 31.1. The monoisotopic (exact) mass is 638 g/mol. The summed E-state index contributed by atoms with van der Waals surface area (Å²) in [6.07, 6.45) is 5.55. The molecule has 2 aromatic rings. The molecule has 1 fully saturated rings. The van der Waals surface area contributed by atoms with Gasteiger partial charge in [0.15, 0.2) is 0 Å². The molecule has 0 radical (unpaired) electrons. The maximum atomic E-state index is 13.1. The van der Waals surface area contributed by atoms with E-state index in [2.05, 4.69) is 9.98 Å². The number of benzene rings is 2. The van der Waals surface area contributed by atoms with E-state index < -0.39 is 52.4 Å². The molecule has 0 spiro atoms. The van der Waals surface area contributed by atoms with Crippen LogP contribution in [-0.2, 0) is 31.1 Å². The van der Waals surface area contributed by atoms with Crippen molar-refractivity contribution in [3.8, 4) is 11.5 Å². The summed E-state index contributed by atoms with van der Waals surface area (Å²) in [5, 5.41) is 26.2. The van der Waals surface area contributed by atoms with Crippen molar-refractivity contribution in [2.24, 2.45) is 9.98 Å². The van der Waals surface area contributed by atoms with Crippen LogP contribution in [0.25, 0.3) is 0 Å². The SMILES string of the molecule is CC(C)(C)c1cc(S(=O)(=O)O)cc(C=N[C@H]2CCCC[C@@H]2N=Cc2cc(S(=O)(=O)O)cc(C(C)(C)C)c2[O-])c1[O-].[Na+].[Na+]. The Bertz CT molecular complexity index is 1440. The Hall–Kier alpha value is -0.800. The van der Waals surface area contributed by atoms with Crippen LogP contribution in [0.1, 0.15) is 89.5 Å². The van der Waals surface area contributed by atoms with Crippen LogP contribution >= 0.6 is 0 Å². The van der Waals surface area contributed by atoms with Gasteiger partial charge >= 0.3 is 59.1 Å². The molecule has 1 aliphatic carbocycles. The zero-order valence-electron chi connectivity index (χ0n) is 25.5. The molecule has 14 heteroatoms. The fourth-order valence-corrected chi connectivity index (χ4v) is 5.73. The summed E-state index contributed by atoms with van der Waals surface area (Å²) in [4.78, 5) is 8.33. The van der Waals surface area contributed by atoms with Crippen molar-refractivity contribution in [1.29, 1.82) is 0 Å². The van der Waals surface area contributed by atoms with Crippen LogP contribution in [0, 0.1) is 0 Å². The Morgan fingerprint density at radius 1 is 0.690 bits per heavy atom. The molecule has 0 heterocycles. The number of hydrogen-bond donors (Lipinski definition) is 2. The fourth-order valence-electron chi connectivity index (χ4n) is 4.64. The van der Waals surface area contributed by atoms with E-state index in [1.807, 2.05) is 0 Å². The van der Waals surface area contributed by atoms with Crippen molar-refractivity contribution < 1.29 is 95.3 Å². The minimum atomic E-state index is -4.56. The minimum absolute atomic E-state index is 0. The number of aliphatic imine (C=N–C) groups is 2. The number of hydrogen-bond acceptors (Lipinski definition) is 8. The molecule has 220 valence electrons. The van der Waals surface area contributed by atoms with E-state index in [4.69, 9.17) is 0 Å². The van der Waals surface area contributed by atoms with E-state index in [1.165, 1.54) is 24.6 Å². The first-order valence-corrected chi connectivity index (χ1v) is 15.8. The van der Waals surface area contributed by atoms with Crippen molar-refractivity contribution in [2.45, 2.75) is 99.9 Å². The second-order valence-corrected chi connectivity index (χ2v) is 15.0. The number of rotatable bonds is 6. The van der Waals surface area contributed by atoms with Crippen molar-refractivity contribution in [3.63, 3.8) is 0 Å². The molecule has 2 N–H and O–H groups in total. The van der Waals surface area contributed by atoms with Gasteiger partial charge in [-0.05, 0) is 70.2 Å². The molecular formula is C28H36N2Na2O8S2. The van der Waals surface area contributed by atoms with E-state index in [0.29, 0.717) is 12.8 Å². The van der Waals surface area contributed by atoms with Gasteiger partial charge in [-0.1, -0.05) is 65.9 Å². The smallest absolute Gasteiger partial charge is 0.872 e. The summed E-state index contributed by atoms with van der Waals surface area (Å²) in [5.74, 6) is -0.792. The van der Waals surface area contributed by atoms with Gasteiger partial charge in [-0.15, -0.1) is 0 Å². The third-order valence-electron chi connectivity index (χ3n) is 6.90. The topological polar surface area (TPSA) is 180 Å². The van der Waals surface area contributed by atoms with Crippen molar-refractivity contribution >= 4 is 32.7 Å². The first kappa shape index (κ1) is 39.2.